The average molecular weight is 523 g/mol. The maximum absolute atomic E-state index is 15.1. The molecule has 2 atom stereocenters. The van der Waals surface area contributed by atoms with Gasteiger partial charge in [0.05, 0.1) is 14.2 Å². The fourth-order valence-electron chi connectivity index (χ4n) is 4.29. The molecular formula is C24H29ClF2N6O3. The number of amides is 1. The van der Waals surface area contributed by atoms with Crippen LogP contribution in [0.4, 0.5) is 20.5 Å². The molecule has 0 unspecified atom stereocenters. The highest BCUT2D eigenvalue weighted by atomic mass is 35.5. The Kier molecular flexibility index (Phi) is 8.36. The highest BCUT2D eigenvalue weighted by molar-refractivity contribution is 5.92. The number of nitrogens with two attached hydrogens (primary N) is 2. The summed E-state index contributed by atoms with van der Waals surface area (Å²) in [6.07, 6.45) is 0.102. The number of hydrogen-bond donors (Lipinski definition) is 2. The van der Waals surface area contributed by atoms with Gasteiger partial charge in [-0.1, -0.05) is 12.1 Å². The van der Waals surface area contributed by atoms with E-state index in [4.69, 9.17) is 20.9 Å². The molecule has 1 fully saturated rings. The van der Waals surface area contributed by atoms with E-state index in [1.807, 2.05) is 11.8 Å². The van der Waals surface area contributed by atoms with Crippen LogP contribution in [0.1, 0.15) is 24.9 Å². The lowest BCUT2D eigenvalue weighted by atomic mass is 10.0. The van der Waals surface area contributed by atoms with Gasteiger partial charge in [-0.15, -0.1) is 12.4 Å². The Morgan fingerprint density at radius 1 is 1.17 bits per heavy atom. The predicted octanol–water partition coefficient (Wildman–Crippen LogP) is 3.06. The molecule has 1 saturated heterocycles. The predicted molar refractivity (Wildman–Crippen MR) is 136 cm³/mol. The summed E-state index contributed by atoms with van der Waals surface area (Å²) in [6, 6.07) is 6.66. The molecule has 194 valence electrons. The molecule has 0 aliphatic carbocycles. The smallest absolute Gasteiger partial charge is 0.228 e. The lowest BCUT2D eigenvalue weighted by Crippen LogP contribution is -2.54. The number of halogens is 3. The first-order chi connectivity index (χ1) is 16.7. The van der Waals surface area contributed by atoms with Crippen LogP contribution < -0.4 is 25.8 Å². The Morgan fingerprint density at radius 2 is 1.86 bits per heavy atom. The number of carbonyl (C=O) groups is 1. The van der Waals surface area contributed by atoms with E-state index in [1.165, 1.54) is 26.4 Å². The third-order valence-corrected chi connectivity index (χ3v) is 6.22. The molecule has 0 bridgehead atoms. The van der Waals surface area contributed by atoms with E-state index >= 15 is 4.39 Å². The minimum absolute atomic E-state index is 0. The molecule has 1 aliphatic rings. The highest BCUT2D eigenvalue weighted by Crippen LogP contribution is 2.37. The second kappa shape index (κ2) is 11.1. The van der Waals surface area contributed by atoms with Crippen LogP contribution in [0.3, 0.4) is 0 Å². The Balaban J connectivity index is 0.00000361. The van der Waals surface area contributed by atoms with Crippen LogP contribution in [-0.4, -0.2) is 60.7 Å². The summed E-state index contributed by atoms with van der Waals surface area (Å²) in [5, 5.41) is 0.320. The molecule has 0 saturated carbocycles. The average Bonchev–Trinajstić information content (AvgIpc) is 2.84. The highest BCUT2D eigenvalue weighted by Gasteiger charge is 2.30. The third kappa shape index (κ3) is 5.21. The van der Waals surface area contributed by atoms with Crippen molar-refractivity contribution in [3.63, 3.8) is 0 Å². The van der Waals surface area contributed by atoms with Crippen LogP contribution in [0.2, 0.25) is 0 Å². The molecule has 4 N–H and O–H groups in total. The normalized spacial score (nSPS) is 16.4. The van der Waals surface area contributed by atoms with Gasteiger partial charge in [0, 0.05) is 43.5 Å². The molecule has 1 amide bonds. The van der Waals surface area contributed by atoms with E-state index in [-0.39, 0.29) is 65.4 Å². The van der Waals surface area contributed by atoms with Crippen LogP contribution in [0.5, 0.6) is 11.5 Å². The zero-order chi connectivity index (χ0) is 25.3. The summed E-state index contributed by atoms with van der Waals surface area (Å²) < 4.78 is 38.6. The van der Waals surface area contributed by atoms with Gasteiger partial charge >= 0.3 is 0 Å². The van der Waals surface area contributed by atoms with Crippen LogP contribution in [-0.2, 0) is 4.79 Å². The van der Waals surface area contributed by atoms with Gasteiger partial charge in [0.1, 0.15) is 17.2 Å². The number of benzene rings is 2. The fraction of sp³-hybridized carbons (Fsp3) is 0.375. The van der Waals surface area contributed by atoms with E-state index in [0.717, 1.165) is 0 Å². The Hall–Kier alpha value is -3.44. The molecule has 9 nitrogen and oxygen atoms in total. The van der Waals surface area contributed by atoms with Crippen molar-refractivity contribution < 1.29 is 23.0 Å². The number of hydrogen-bond acceptors (Lipinski definition) is 8. The van der Waals surface area contributed by atoms with E-state index < -0.39 is 11.9 Å². The lowest BCUT2D eigenvalue weighted by molar-refractivity contribution is -0.132. The summed E-state index contributed by atoms with van der Waals surface area (Å²) in [7, 11) is 2.75. The van der Waals surface area contributed by atoms with Crippen molar-refractivity contribution in [2.45, 2.75) is 25.4 Å². The first kappa shape index (κ1) is 27.2. The van der Waals surface area contributed by atoms with Gasteiger partial charge in [-0.3, -0.25) is 4.79 Å². The number of aromatic nitrogens is 2. The zero-order valence-electron chi connectivity index (χ0n) is 20.2. The van der Waals surface area contributed by atoms with Crippen molar-refractivity contribution in [3.05, 3.63) is 47.5 Å². The molecule has 0 spiro atoms. The lowest BCUT2D eigenvalue weighted by Gasteiger charge is -2.40. The Morgan fingerprint density at radius 3 is 2.47 bits per heavy atom. The first-order valence-electron chi connectivity index (χ1n) is 11.2. The Labute approximate surface area is 213 Å². The SMILES string of the molecule is COc1cc2c(N)nc(N3CCN(C(=O)C[C@@H](N)c4ccc(F)cc4)C[C@@H]3C)nc2c(F)c1OC.Cl. The number of anilines is 2. The van der Waals surface area contributed by atoms with Gasteiger partial charge in [0.2, 0.25) is 11.9 Å². The molecule has 3 aromatic rings. The summed E-state index contributed by atoms with van der Waals surface area (Å²) in [5.41, 5.74) is 13.0. The second-order valence-electron chi connectivity index (χ2n) is 8.48. The number of rotatable bonds is 6. The monoisotopic (exact) mass is 522 g/mol. The van der Waals surface area contributed by atoms with Gasteiger partial charge in [-0.25, -0.2) is 13.8 Å². The number of fused-ring (bicyclic) bond motifs is 1. The number of nitrogen functional groups attached to an aromatic ring is 1. The molecule has 36 heavy (non-hydrogen) atoms. The minimum Gasteiger partial charge on any atom is -0.493 e. The molecule has 4 rings (SSSR count). The number of piperazine rings is 1. The van der Waals surface area contributed by atoms with Crippen LogP contribution in [0.15, 0.2) is 30.3 Å². The Bertz CT molecular complexity index is 1250. The fourth-order valence-corrected chi connectivity index (χ4v) is 4.29. The number of nitrogens with zero attached hydrogens (tertiary/aromatic N) is 4. The van der Waals surface area contributed by atoms with Crippen molar-refractivity contribution in [2.24, 2.45) is 5.73 Å². The quantitative estimate of drug-likeness (QED) is 0.507. The zero-order valence-corrected chi connectivity index (χ0v) is 21.0. The van der Waals surface area contributed by atoms with Gasteiger partial charge in [0.15, 0.2) is 17.3 Å². The number of methoxy groups -OCH3 is 2. The molecule has 0 radical (unpaired) electrons. The molecule has 2 aromatic carbocycles. The van der Waals surface area contributed by atoms with Crippen molar-refractivity contribution in [1.29, 1.82) is 0 Å². The van der Waals surface area contributed by atoms with E-state index in [9.17, 15) is 9.18 Å². The van der Waals surface area contributed by atoms with Crippen LogP contribution >= 0.6 is 12.4 Å². The van der Waals surface area contributed by atoms with E-state index in [2.05, 4.69) is 9.97 Å². The number of carbonyl (C=O) groups excluding carboxylic acids is 1. The van der Waals surface area contributed by atoms with Gasteiger partial charge in [-0.05, 0) is 30.7 Å². The van der Waals surface area contributed by atoms with E-state index in [1.54, 1.807) is 23.1 Å². The van der Waals surface area contributed by atoms with Crippen molar-refractivity contribution in [1.82, 2.24) is 14.9 Å². The topological polar surface area (TPSA) is 120 Å². The van der Waals surface area contributed by atoms with Crippen molar-refractivity contribution in [2.75, 3.05) is 44.5 Å². The second-order valence-corrected chi connectivity index (χ2v) is 8.48. The van der Waals surface area contributed by atoms with Gasteiger partial charge in [-0.2, -0.15) is 4.98 Å². The van der Waals surface area contributed by atoms with Crippen molar-refractivity contribution in [3.8, 4) is 11.5 Å². The van der Waals surface area contributed by atoms with Gasteiger partial charge in [0.25, 0.3) is 0 Å². The molecule has 1 aliphatic heterocycles. The standard InChI is InChI=1S/C24H28F2N6O3.ClH/c1-13-12-31(19(33)11-17(27)14-4-6-15(25)7-5-14)8-9-32(13)24-29-21-16(23(28)30-24)10-18(34-2)22(35-3)20(21)26;/h4-7,10,13,17H,8-9,11-12,27H2,1-3H3,(H2,28,29,30);1H/t13-,17+;/m0./s1. The van der Waals surface area contributed by atoms with Crippen molar-refractivity contribution >= 4 is 41.0 Å². The first-order valence-corrected chi connectivity index (χ1v) is 11.2. The molecule has 1 aromatic heterocycles. The van der Waals surface area contributed by atoms with Crippen LogP contribution in [0, 0.1) is 11.6 Å². The molecule has 2 heterocycles. The third-order valence-electron chi connectivity index (χ3n) is 6.22. The summed E-state index contributed by atoms with van der Waals surface area (Å²) in [6.45, 7) is 3.17. The van der Waals surface area contributed by atoms with Gasteiger partial charge < -0.3 is 30.7 Å². The summed E-state index contributed by atoms with van der Waals surface area (Å²) in [5.74, 6) is -0.635. The van der Waals surface area contributed by atoms with E-state index in [0.29, 0.717) is 30.6 Å². The molecular weight excluding hydrogens is 494 g/mol. The molecule has 12 heteroatoms. The number of ether oxygens (including phenoxy) is 2. The largest absolute Gasteiger partial charge is 0.493 e. The van der Waals surface area contributed by atoms with Crippen LogP contribution in [0.25, 0.3) is 10.9 Å². The summed E-state index contributed by atoms with van der Waals surface area (Å²) in [4.78, 5) is 25.3. The summed E-state index contributed by atoms with van der Waals surface area (Å²) >= 11 is 0. The minimum atomic E-state index is -0.687. The maximum atomic E-state index is 15.1. The maximum Gasteiger partial charge on any atom is 0.228 e.